The lowest BCUT2D eigenvalue weighted by molar-refractivity contribution is -0.121. The van der Waals surface area contributed by atoms with Crippen molar-refractivity contribution in [1.29, 1.82) is 0 Å². The second-order valence-corrected chi connectivity index (χ2v) is 5.39. The van der Waals surface area contributed by atoms with Crippen LogP contribution in [0.15, 0.2) is 28.7 Å². The van der Waals surface area contributed by atoms with Gasteiger partial charge in [-0.15, -0.1) is 0 Å². The average Bonchev–Trinajstić information content (AvgIpc) is 2.39. The number of aliphatic hydroxyl groups is 1. The van der Waals surface area contributed by atoms with Crippen molar-refractivity contribution in [2.45, 2.75) is 19.8 Å². The van der Waals surface area contributed by atoms with E-state index in [-0.39, 0.29) is 12.5 Å². The molecule has 5 heteroatoms. The highest BCUT2D eigenvalue weighted by molar-refractivity contribution is 9.10. The first kappa shape index (κ1) is 16.0. The Morgan fingerprint density at radius 1 is 1.42 bits per heavy atom. The minimum atomic E-state index is -0.0260. The van der Waals surface area contributed by atoms with Gasteiger partial charge in [0.15, 0.2) is 0 Å². The van der Waals surface area contributed by atoms with E-state index in [4.69, 9.17) is 9.84 Å². The molecular weight excluding hydrogens is 310 g/mol. The highest BCUT2D eigenvalue weighted by Gasteiger charge is 2.05. The molecular formula is C14H20BrNO3. The van der Waals surface area contributed by atoms with Crippen LogP contribution in [0.4, 0.5) is 0 Å². The summed E-state index contributed by atoms with van der Waals surface area (Å²) in [6, 6.07) is 7.49. The molecule has 1 aromatic rings. The third kappa shape index (κ3) is 7.18. The zero-order valence-corrected chi connectivity index (χ0v) is 12.6. The highest BCUT2D eigenvalue weighted by atomic mass is 79.9. The molecule has 0 bridgehead atoms. The molecule has 1 aromatic carbocycles. The molecule has 1 unspecified atom stereocenters. The summed E-state index contributed by atoms with van der Waals surface area (Å²) >= 11 is 3.35. The monoisotopic (exact) mass is 329 g/mol. The van der Waals surface area contributed by atoms with Crippen LogP contribution < -0.4 is 10.1 Å². The van der Waals surface area contributed by atoms with E-state index in [1.54, 1.807) is 0 Å². The number of carbonyl (C=O) groups excluding carboxylic acids is 1. The summed E-state index contributed by atoms with van der Waals surface area (Å²) in [4.78, 5) is 11.5. The minimum Gasteiger partial charge on any atom is -0.493 e. The third-order valence-corrected chi connectivity index (χ3v) is 3.21. The lowest BCUT2D eigenvalue weighted by atomic mass is 10.1. The van der Waals surface area contributed by atoms with E-state index in [9.17, 15) is 4.79 Å². The van der Waals surface area contributed by atoms with E-state index < -0.39 is 0 Å². The second kappa shape index (κ2) is 8.93. The molecule has 19 heavy (non-hydrogen) atoms. The molecule has 0 aliphatic heterocycles. The Balaban J connectivity index is 2.15. The van der Waals surface area contributed by atoms with Crippen LogP contribution in [0.1, 0.15) is 19.8 Å². The number of carbonyl (C=O) groups is 1. The van der Waals surface area contributed by atoms with Crippen LogP contribution in [-0.2, 0) is 4.79 Å². The standard InChI is InChI=1S/C14H20BrNO3/c1-11(6-8-17)10-16-14(18)7-9-19-13-4-2-12(15)3-5-13/h2-5,11,17H,6-10H2,1H3,(H,16,18). The molecule has 0 spiro atoms. The molecule has 0 aromatic heterocycles. The van der Waals surface area contributed by atoms with E-state index in [1.165, 1.54) is 0 Å². The summed E-state index contributed by atoms with van der Waals surface area (Å²) < 4.78 is 6.46. The SMILES string of the molecule is CC(CCO)CNC(=O)CCOc1ccc(Br)cc1. The van der Waals surface area contributed by atoms with Crippen molar-refractivity contribution in [3.63, 3.8) is 0 Å². The van der Waals surface area contributed by atoms with E-state index in [0.29, 0.717) is 31.9 Å². The zero-order chi connectivity index (χ0) is 14.1. The Labute approximate surface area is 122 Å². The molecule has 1 atom stereocenters. The van der Waals surface area contributed by atoms with Gasteiger partial charge in [-0.05, 0) is 36.6 Å². The fourth-order valence-corrected chi connectivity index (χ4v) is 1.76. The first-order chi connectivity index (χ1) is 9.11. The summed E-state index contributed by atoms with van der Waals surface area (Å²) in [5.74, 6) is 1.02. The quantitative estimate of drug-likeness (QED) is 0.769. The summed E-state index contributed by atoms with van der Waals surface area (Å²) in [7, 11) is 0. The van der Waals surface area contributed by atoms with Gasteiger partial charge in [-0.1, -0.05) is 22.9 Å². The number of nitrogens with one attached hydrogen (secondary N) is 1. The molecule has 0 radical (unpaired) electrons. The van der Waals surface area contributed by atoms with E-state index >= 15 is 0 Å². The normalized spacial score (nSPS) is 11.9. The Bertz CT molecular complexity index is 381. The number of hydrogen-bond donors (Lipinski definition) is 2. The molecule has 1 rings (SSSR count). The van der Waals surface area contributed by atoms with Crippen LogP contribution in [-0.4, -0.2) is 30.8 Å². The van der Waals surface area contributed by atoms with Gasteiger partial charge in [0.05, 0.1) is 13.0 Å². The topological polar surface area (TPSA) is 58.6 Å². The van der Waals surface area contributed by atoms with Gasteiger partial charge in [-0.3, -0.25) is 4.79 Å². The predicted octanol–water partition coefficient (Wildman–Crippen LogP) is 2.35. The number of benzene rings is 1. The molecule has 0 heterocycles. The predicted molar refractivity (Wildman–Crippen MR) is 78.1 cm³/mol. The lowest BCUT2D eigenvalue weighted by Gasteiger charge is -2.11. The number of aliphatic hydroxyl groups excluding tert-OH is 1. The highest BCUT2D eigenvalue weighted by Crippen LogP contribution is 2.16. The number of rotatable bonds is 8. The van der Waals surface area contributed by atoms with Crippen LogP contribution in [0.2, 0.25) is 0 Å². The molecule has 0 saturated carbocycles. The summed E-state index contributed by atoms with van der Waals surface area (Å²) in [6.45, 7) is 3.11. The van der Waals surface area contributed by atoms with Crippen molar-refractivity contribution < 1.29 is 14.6 Å². The van der Waals surface area contributed by atoms with Crippen LogP contribution in [0, 0.1) is 5.92 Å². The van der Waals surface area contributed by atoms with Gasteiger partial charge >= 0.3 is 0 Å². The van der Waals surface area contributed by atoms with Gasteiger partial charge < -0.3 is 15.2 Å². The maximum absolute atomic E-state index is 11.5. The molecule has 0 aliphatic rings. The lowest BCUT2D eigenvalue weighted by Crippen LogP contribution is -2.29. The van der Waals surface area contributed by atoms with Gasteiger partial charge in [-0.2, -0.15) is 0 Å². The smallest absolute Gasteiger partial charge is 0.223 e. The molecule has 1 amide bonds. The van der Waals surface area contributed by atoms with Gasteiger partial charge in [0.1, 0.15) is 5.75 Å². The molecule has 106 valence electrons. The maximum Gasteiger partial charge on any atom is 0.223 e. The molecule has 0 saturated heterocycles. The number of halogens is 1. The van der Waals surface area contributed by atoms with E-state index in [1.807, 2.05) is 31.2 Å². The average molecular weight is 330 g/mol. The van der Waals surface area contributed by atoms with Gasteiger partial charge in [0, 0.05) is 17.6 Å². The van der Waals surface area contributed by atoms with Crippen LogP contribution in [0.25, 0.3) is 0 Å². The Morgan fingerprint density at radius 2 is 2.11 bits per heavy atom. The molecule has 2 N–H and O–H groups in total. The summed E-state index contributed by atoms with van der Waals surface area (Å²) in [5, 5.41) is 11.6. The van der Waals surface area contributed by atoms with Crippen molar-refractivity contribution in [2.24, 2.45) is 5.92 Å². The van der Waals surface area contributed by atoms with E-state index in [0.717, 1.165) is 10.2 Å². The Hall–Kier alpha value is -1.07. The molecule has 0 fully saturated rings. The Morgan fingerprint density at radius 3 is 2.74 bits per heavy atom. The first-order valence-corrected chi connectivity index (χ1v) is 7.17. The summed E-state index contributed by atoms with van der Waals surface area (Å²) in [5.41, 5.74) is 0. The van der Waals surface area contributed by atoms with Crippen molar-refractivity contribution in [1.82, 2.24) is 5.32 Å². The minimum absolute atomic E-state index is 0.0260. The molecule has 0 aliphatic carbocycles. The maximum atomic E-state index is 11.5. The van der Waals surface area contributed by atoms with Crippen molar-refractivity contribution in [3.05, 3.63) is 28.7 Å². The van der Waals surface area contributed by atoms with Crippen LogP contribution >= 0.6 is 15.9 Å². The van der Waals surface area contributed by atoms with Crippen molar-refractivity contribution in [2.75, 3.05) is 19.8 Å². The van der Waals surface area contributed by atoms with E-state index in [2.05, 4.69) is 21.2 Å². The van der Waals surface area contributed by atoms with Crippen molar-refractivity contribution >= 4 is 21.8 Å². The fourth-order valence-electron chi connectivity index (χ4n) is 1.49. The second-order valence-electron chi connectivity index (χ2n) is 4.47. The third-order valence-electron chi connectivity index (χ3n) is 2.68. The number of ether oxygens (including phenoxy) is 1. The van der Waals surface area contributed by atoms with Crippen molar-refractivity contribution in [3.8, 4) is 5.75 Å². The van der Waals surface area contributed by atoms with Gasteiger partial charge in [0.25, 0.3) is 0 Å². The largest absolute Gasteiger partial charge is 0.493 e. The first-order valence-electron chi connectivity index (χ1n) is 6.37. The fraction of sp³-hybridized carbons (Fsp3) is 0.500. The Kier molecular flexibility index (Phi) is 7.52. The molecule has 4 nitrogen and oxygen atoms in total. The summed E-state index contributed by atoms with van der Waals surface area (Å²) in [6.07, 6.45) is 1.04. The number of hydrogen-bond acceptors (Lipinski definition) is 3. The van der Waals surface area contributed by atoms with Crippen LogP contribution in [0.5, 0.6) is 5.75 Å². The van der Waals surface area contributed by atoms with Gasteiger partial charge in [-0.25, -0.2) is 0 Å². The zero-order valence-electron chi connectivity index (χ0n) is 11.1. The van der Waals surface area contributed by atoms with Crippen LogP contribution in [0.3, 0.4) is 0 Å². The van der Waals surface area contributed by atoms with Gasteiger partial charge in [0.2, 0.25) is 5.91 Å². The number of amides is 1.